The number of hydrogen-bond donors (Lipinski definition) is 1. The Hall–Kier alpha value is -1.89. The molecule has 1 aliphatic rings. The molecule has 2 N–H and O–H groups in total. The fourth-order valence-corrected chi connectivity index (χ4v) is 4.62. The van der Waals surface area contributed by atoms with Gasteiger partial charge in [-0.1, -0.05) is 23.7 Å². The van der Waals surface area contributed by atoms with Crippen molar-refractivity contribution in [1.29, 1.82) is 0 Å². The highest BCUT2D eigenvalue weighted by molar-refractivity contribution is 7.91. The summed E-state index contributed by atoms with van der Waals surface area (Å²) in [5, 5.41) is 3.16. The average molecular weight is 310 g/mol. The highest BCUT2D eigenvalue weighted by Gasteiger charge is 2.35. The Morgan fingerprint density at radius 3 is 2.62 bits per heavy atom. The molecule has 0 amide bonds. The number of halogens is 1. The van der Waals surface area contributed by atoms with E-state index in [1.807, 2.05) is 0 Å². The molecule has 1 atom stereocenters. The van der Waals surface area contributed by atoms with Crippen molar-refractivity contribution in [1.82, 2.24) is 5.16 Å². The quantitative estimate of drug-likeness (QED) is 0.921. The first kappa shape index (κ1) is 14.1. The SMILES string of the molecule is Nc1onc(C2CCCCS2(=O)=O)c1-c1ccc(F)cc1. The minimum atomic E-state index is -3.25. The number of nitrogen functional groups attached to an aromatic ring is 1. The largest absolute Gasteiger partial charge is 0.367 e. The Morgan fingerprint density at radius 1 is 1.24 bits per heavy atom. The Kier molecular flexibility index (Phi) is 3.44. The molecule has 21 heavy (non-hydrogen) atoms. The van der Waals surface area contributed by atoms with Crippen molar-refractivity contribution in [2.45, 2.75) is 24.5 Å². The second-order valence-corrected chi connectivity index (χ2v) is 7.47. The standard InChI is InChI=1S/C14H15FN2O3S/c15-10-6-4-9(5-7-10)12-13(17-20-14(12)16)11-3-1-2-8-21(11,18)19/h4-7,11H,1-3,8,16H2. The predicted octanol–water partition coefficient (Wildman–Crippen LogP) is 2.70. The lowest BCUT2D eigenvalue weighted by molar-refractivity contribution is 0.421. The lowest BCUT2D eigenvalue weighted by Gasteiger charge is -2.21. The van der Waals surface area contributed by atoms with Crippen LogP contribution < -0.4 is 5.73 Å². The van der Waals surface area contributed by atoms with E-state index in [0.717, 1.165) is 6.42 Å². The van der Waals surface area contributed by atoms with Gasteiger partial charge in [0.1, 0.15) is 16.8 Å². The van der Waals surface area contributed by atoms with Crippen LogP contribution in [0.1, 0.15) is 30.2 Å². The summed E-state index contributed by atoms with van der Waals surface area (Å²) in [5.41, 5.74) is 7.17. The van der Waals surface area contributed by atoms with Gasteiger partial charge in [0, 0.05) is 0 Å². The number of benzene rings is 1. The van der Waals surface area contributed by atoms with Gasteiger partial charge in [0.05, 0.1) is 11.3 Å². The van der Waals surface area contributed by atoms with Crippen LogP contribution in [0, 0.1) is 5.82 Å². The van der Waals surface area contributed by atoms with Crippen LogP contribution in [0.3, 0.4) is 0 Å². The maximum Gasteiger partial charge on any atom is 0.230 e. The van der Waals surface area contributed by atoms with Crippen LogP contribution in [0.15, 0.2) is 28.8 Å². The van der Waals surface area contributed by atoms with Gasteiger partial charge in [0.2, 0.25) is 5.88 Å². The zero-order chi connectivity index (χ0) is 15.0. The zero-order valence-corrected chi connectivity index (χ0v) is 12.1. The van der Waals surface area contributed by atoms with E-state index < -0.39 is 15.1 Å². The summed E-state index contributed by atoms with van der Waals surface area (Å²) in [6.45, 7) is 0. The van der Waals surface area contributed by atoms with Crippen molar-refractivity contribution in [3.63, 3.8) is 0 Å². The minimum Gasteiger partial charge on any atom is -0.367 e. The summed E-state index contributed by atoms with van der Waals surface area (Å²) in [7, 11) is -3.25. The van der Waals surface area contributed by atoms with Crippen LogP contribution >= 0.6 is 0 Å². The molecule has 1 saturated heterocycles. The summed E-state index contributed by atoms with van der Waals surface area (Å²) in [4.78, 5) is 0. The molecule has 1 aromatic carbocycles. The number of aromatic nitrogens is 1. The van der Waals surface area contributed by atoms with Crippen LogP contribution in [0.25, 0.3) is 11.1 Å². The average Bonchev–Trinajstić information content (AvgIpc) is 2.81. The topological polar surface area (TPSA) is 86.2 Å². The van der Waals surface area contributed by atoms with Crippen LogP contribution in [0.2, 0.25) is 0 Å². The first-order valence-electron chi connectivity index (χ1n) is 6.71. The van der Waals surface area contributed by atoms with Crippen molar-refractivity contribution in [2.24, 2.45) is 0 Å². The van der Waals surface area contributed by atoms with Crippen molar-refractivity contribution < 1.29 is 17.3 Å². The second-order valence-electron chi connectivity index (χ2n) is 5.17. The number of nitrogens with two attached hydrogens (primary N) is 1. The van der Waals surface area contributed by atoms with Gasteiger partial charge in [0.15, 0.2) is 9.84 Å². The molecule has 3 rings (SSSR count). The molecule has 1 aromatic heterocycles. The summed E-state index contributed by atoms with van der Waals surface area (Å²) >= 11 is 0. The molecule has 2 aromatic rings. The molecular formula is C14H15FN2O3S. The fourth-order valence-electron chi connectivity index (χ4n) is 2.70. The van der Waals surface area contributed by atoms with E-state index in [1.54, 1.807) is 0 Å². The Morgan fingerprint density at radius 2 is 1.95 bits per heavy atom. The number of nitrogens with zero attached hydrogens (tertiary/aromatic N) is 1. The third-order valence-corrected chi connectivity index (χ3v) is 5.95. The van der Waals surface area contributed by atoms with Gasteiger partial charge >= 0.3 is 0 Å². The van der Waals surface area contributed by atoms with Crippen LogP contribution in [0.4, 0.5) is 10.3 Å². The molecule has 0 bridgehead atoms. The third kappa shape index (κ3) is 2.53. The van der Waals surface area contributed by atoms with Crippen molar-refractivity contribution >= 4 is 15.7 Å². The van der Waals surface area contributed by atoms with E-state index in [9.17, 15) is 12.8 Å². The molecule has 0 radical (unpaired) electrons. The molecule has 2 heterocycles. The number of anilines is 1. The van der Waals surface area contributed by atoms with Gasteiger partial charge in [-0.05, 0) is 30.5 Å². The van der Waals surface area contributed by atoms with Gasteiger partial charge in [-0.3, -0.25) is 0 Å². The summed E-state index contributed by atoms with van der Waals surface area (Å²) in [6, 6.07) is 5.66. The lowest BCUT2D eigenvalue weighted by Crippen LogP contribution is -2.22. The lowest BCUT2D eigenvalue weighted by atomic mass is 10.0. The maximum absolute atomic E-state index is 13.0. The number of hydrogen-bond acceptors (Lipinski definition) is 5. The van der Waals surface area contributed by atoms with Crippen LogP contribution in [0.5, 0.6) is 0 Å². The van der Waals surface area contributed by atoms with E-state index in [1.165, 1.54) is 24.3 Å². The molecule has 0 aliphatic carbocycles. The smallest absolute Gasteiger partial charge is 0.230 e. The first-order chi connectivity index (χ1) is 9.99. The van der Waals surface area contributed by atoms with Gasteiger partial charge in [-0.25, -0.2) is 12.8 Å². The van der Waals surface area contributed by atoms with E-state index in [4.69, 9.17) is 10.3 Å². The van der Waals surface area contributed by atoms with Gasteiger partial charge in [-0.15, -0.1) is 0 Å². The highest BCUT2D eigenvalue weighted by Crippen LogP contribution is 2.40. The summed E-state index contributed by atoms with van der Waals surface area (Å²) in [5.74, 6) is -0.175. The van der Waals surface area contributed by atoms with Gasteiger partial charge < -0.3 is 10.3 Å². The fraction of sp³-hybridized carbons (Fsp3) is 0.357. The molecule has 1 aliphatic heterocycles. The Labute approximate surface area is 121 Å². The van der Waals surface area contributed by atoms with Crippen molar-refractivity contribution in [2.75, 3.05) is 11.5 Å². The monoisotopic (exact) mass is 310 g/mol. The van der Waals surface area contributed by atoms with Crippen LogP contribution in [-0.2, 0) is 9.84 Å². The van der Waals surface area contributed by atoms with Crippen LogP contribution in [-0.4, -0.2) is 19.3 Å². The Bertz CT molecular complexity index is 753. The molecule has 7 heteroatoms. The van der Waals surface area contributed by atoms with Gasteiger partial charge in [0.25, 0.3) is 0 Å². The van der Waals surface area contributed by atoms with E-state index in [0.29, 0.717) is 29.7 Å². The normalized spacial score (nSPS) is 21.3. The second kappa shape index (κ2) is 5.14. The molecule has 112 valence electrons. The highest BCUT2D eigenvalue weighted by atomic mass is 32.2. The zero-order valence-electron chi connectivity index (χ0n) is 11.3. The minimum absolute atomic E-state index is 0.0531. The molecule has 0 saturated carbocycles. The van der Waals surface area contributed by atoms with E-state index in [2.05, 4.69) is 5.16 Å². The van der Waals surface area contributed by atoms with Gasteiger partial charge in [-0.2, -0.15) is 0 Å². The number of sulfone groups is 1. The molecule has 1 fully saturated rings. The summed E-state index contributed by atoms with van der Waals surface area (Å²) in [6.07, 6.45) is 1.99. The molecular weight excluding hydrogens is 295 g/mol. The van der Waals surface area contributed by atoms with Crippen molar-refractivity contribution in [3.8, 4) is 11.1 Å². The van der Waals surface area contributed by atoms with E-state index in [-0.39, 0.29) is 17.5 Å². The molecule has 1 unspecified atom stereocenters. The van der Waals surface area contributed by atoms with Crippen molar-refractivity contribution in [3.05, 3.63) is 35.8 Å². The first-order valence-corrected chi connectivity index (χ1v) is 8.43. The number of rotatable bonds is 2. The predicted molar refractivity (Wildman–Crippen MR) is 76.7 cm³/mol. The van der Waals surface area contributed by atoms with E-state index >= 15 is 0 Å². The molecule has 5 nitrogen and oxygen atoms in total. The maximum atomic E-state index is 13.0. The third-order valence-electron chi connectivity index (χ3n) is 3.76. The summed E-state index contributed by atoms with van der Waals surface area (Å²) < 4.78 is 42.5. The molecule has 0 spiro atoms. The Balaban J connectivity index is 2.11.